The van der Waals surface area contributed by atoms with Gasteiger partial charge in [-0.05, 0) is 32.4 Å². The average Bonchev–Trinajstić information content (AvgIpc) is 2.85. The molecule has 1 aromatic carbocycles. The molecule has 0 aliphatic rings. The summed E-state index contributed by atoms with van der Waals surface area (Å²) < 4.78 is 42.7. The first-order valence-corrected chi connectivity index (χ1v) is 8.50. The summed E-state index contributed by atoms with van der Waals surface area (Å²) in [5, 5.41) is 3.85. The van der Waals surface area contributed by atoms with E-state index in [0.29, 0.717) is 17.9 Å². The second-order valence-electron chi connectivity index (χ2n) is 4.97. The molecule has 23 heavy (non-hydrogen) atoms. The van der Waals surface area contributed by atoms with E-state index >= 15 is 0 Å². The molecule has 1 heterocycles. The Bertz CT molecular complexity index is 764. The van der Waals surface area contributed by atoms with Crippen LogP contribution < -0.4 is 14.2 Å². The molecule has 0 aliphatic heterocycles. The van der Waals surface area contributed by atoms with Crippen molar-refractivity contribution in [1.82, 2.24) is 9.88 Å². The van der Waals surface area contributed by atoms with Crippen molar-refractivity contribution in [3.05, 3.63) is 35.2 Å². The first-order valence-electron chi connectivity index (χ1n) is 7.02. The van der Waals surface area contributed by atoms with E-state index in [0.717, 1.165) is 11.3 Å². The Morgan fingerprint density at radius 3 is 2.52 bits per heavy atom. The van der Waals surface area contributed by atoms with E-state index in [4.69, 9.17) is 14.0 Å². The standard InChI is InChI=1S/C15H20N2O5S/c1-10-13(11(2)22-17-10)7-8-16-23(18,19)15-6-5-12(20-3)9-14(15)21-4/h5-6,9,16H,7-8H2,1-4H3. The van der Waals surface area contributed by atoms with E-state index in [1.54, 1.807) is 13.0 Å². The maximum absolute atomic E-state index is 12.4. The summed E-state index contributed by atoms with van der Waals surface area (Å²) in [6, 6.07) is 4.56. The van der Waals surface area contributed by atoms with Gasteiger partial charge in [0.2, 0.25) is 10.0 Å². The van der Waals surface area contributed by atoms with Crippen molar-refractivity contribution >= 4 is 10.0 Å². The van der Waals surface area contributed by atoms with Crippen molar-refractivity contribution in [3.63, 3.8) is 0 Å². The van der Waals surface area contributed by atoms with Gasteiger partial charge in [-0.25, -0.2) is 13.1 Å². The predicted molar refractivity (Wildman–Crippen MR) is 84.4 cm³/mol. The number of nitrogens with zero attached hydrogens (tertiary/aromatic N) is 1. The number of aromatic nitrogens is 1. The van der Waals surface area contributed by atoms with E-state index in [9.17, 15) is 8.42 Å². The van der Waals surface area contributed by atoms with Gasteiger partial charge in [0.05, 0.1) is 19.9 Å². The minimum atomic E-state index is -3.69. The number of hydrogen-bond donors (Lipinski definition) is 1. The fourth-order valence-electron chi connectivity index (χ4n) is 2.24. The van der Waals surface area contributed by atoms with Crippen LogP contribution in [0.15, 0.2) is 27.6 Å². The number of nitrogens with one attached hydrogen (secondary N) is 1. The van der Waals surface area contributed by atoms with Crippen LogP contribution in [-0.2, 0) is 16.4 Å². The molecular formula is C15H20N2O5S. The zero-order valence-electron chi connectivity index (χ0n) is 13.5. The highest BCUT2D eigenvalue weighted by Gasteiger charge is 2.20. The third-order valence-electron chi connectivity index (χ3n) is 3.51. The fourth-order valence-corrected chi connectivity index (χ4v) is 3.42. The van der Waals surface area contributed by atoms with Crippen molar-refractivity contribution in [3.8, 4) is 11.5 Å². The van der Waals surface area contributed by atoms with Crippen molar-refractivity contribution in [2.45, 2.75) is 25.2 Å². The minimum Gasteiger partial charge on any atom is -0.497 e. The number of aryl methyl sites for hydroxylation is 2. The molecule has 0 spiro atoms. The Hall–Kier alpha value is -2.06. The Labute approximate surface area is 135 Å². The fraction of sp³-hybridized carbons (Fsp3) is 0.400. The smallest absolute Gasteiger partial charge is 0.244 e. The molecule has 0 radical (unpaired) electrons. The largest absolute Gasteiger partial charge is 0.497 e. The normalized spacial score (nSPS) is 11.5. The lowest BCUT2D eigenvalue weighted by Gasteiger charge is -2.12. The topological polar surface area (TPSA) is 90.7 Å². The summed E-state index contributed by atoms with van der Waals surface area (Å²) in [6.45, 7) is 3.86. The van der Waals surface area contributed by atoms with Gasteiger partial charge < -0.3 is 14.0 Å². The van der Waals surface area contributed by atoms with Gasteiger partial charge in [0.25, 0.3) is 0 Å². The van der Waals surface area contributed by atoms with Gasteiger partial charge >= 0.3 is 0 Å². The summed E-state index contributed by atoms with van der Waals surface area (Å²) in [7, 11) is -0.769. The number of methoxy groups -OCH3 is 2. The van der Waals surface area contributed by atoms with Crippen LogP contribution in [-0.4, -0.2) is 34.3 Å². The van der Waals surface area contributed by atoms with E-state index in [-0.39, 0.29) is 17.2 Å². The maximum Gasteiger partial charge on any atom is 0.244 e. The highest BCUT2D eigenvalue weighted by molar-refractivity contribution is 7.89. The van der Waals surface area contributed by atoms with Crippen LogP contribution in [0.25, 0.3) is 0 Å². The molecule has 0 amide bonds. The lowest BCUT2D eigenvalue weighted by atomic mass is 10.1. The SMILES string of the molecule is COc1ccc(S(=O)(=O)NCCc2c(C)noc2C)c(OC)c1. The number of sulfonamides is 1. The highest BCUT2D eigenvalue weighted by atomic mass is 32.2. The van der Waals surface area contributed by atoms with Crippen molar-refractivity contribution in [1.29, 1.82) is 0 Å². The Kier molecular flexibility index (Phi) is 5.27. The van der Waals surface area contributed by atoms with Gasteiger partial charge in [0.1, 0.15) is 22.2 Å². The summed E-state index contributed by atoms with van der Waals surface area (Å²) in [5.74, 6) is 1.45. The molecule has 0 aliphatic carbocycles. The predicted octanol–water partition coefficient (Wildman–Crippen LogP) is 1.83. The highest BCUT2D eigenvalue weighted by Crippen LogP contribution is 2.28. The van der Waals surface area contributed by atoms with Gasteiger partial charge in [-0.3, -0.25) is 0 Å². The third kappa shape index (κ3) is 3.83. The maximum atomic E-state index is 12.4. The summed E-state index contributed by atoms with van der Waals surface area (Å²) in [6.07, 6.45) is 0.499. The summed E-state index contributed by atoms with van der Waals surface area (Å²) in [5.41, 5.74) is 1.68. The number of rotatable bonds is 7. The number of benzene rings is 1. The molecule has 126 valence electrons. The molecule has 7 nitrogen and oxygen atoms in total. The van der Waals surface area contributed by atoms with E-state index in [1.165, 1.54) is 26.4 Å². The molecule has 2 rings (SSSR count). The molecular weight excluding hydrogens is 320 g/mol. The lowest BCUT2D eigenvalue weighted by Crippen LogP contribution is -2.26. The zero-order valence-corrected chi connectivity index (χ0v) is 14.4. The number of ether oxygens (including phenoxy) is 2. The van der Waals surface area contributed by atoms with E-state index in [2.05, 4.69) is 9.88 Å². The molecule has 0 bridgehead atoms. The van der Waals surface area contributed by atoms with Crippen LogP contribution in [0.4, 0.5) is 0 Å². The first kappa shape index (κ1) is 17.3. The zero-order chi connectivity index (χ0) is 17.0. The van der Waals surface area contributed by atoms with Gasteiger partial charge in [-0.15, -0.1) is 0 Å². The lowest BCUT2D eigenvalue weighted by molar-refractivity contribution is 0.386. The molecule has 0 unspecified atom stereocenters. The molecule has 1 aromatic heterocycles. The van der Waals surface area contributed by atoms with Crippen molar-refractivity contribution < 1.29 is 22.4 Å². The quantitative estimate of drug-likeness (QED) is 0.827. The second-order valence-corrected chi connectivity index (χ2v) is 6.70. The molecule has 0 saturated heterocycles. The molecule has 0 fully saturated rings. The summed E-state index contributed by atoms with van der Waals surface area (Å²) in [4.78, 5) is 0.0690. The minimum absolute atomic E-state index is 0.0690. The summed E-state index contributed by atoms with van der Waals surface area (Å²) >= 11 is 0. The van der Waals surface area contributed by atoms with Gasteiger partial charge in [0, 0.05) is 18.2 Å². The van der Waals surface area contributed by atoms with Gasteiger partial charge in [-0.2, -0.15) is 0 Å². The van der Waals surface area contributed by atoms with Crippen LogP contribution in [0.3, 0.4) is 0 Å². The molecule has 1 N–H and O–H groups in total. The Balaban J connectivity index is 2.13. The second kappa shape index (κ2) is 7.01. The van der Waals surface area contributed by atoms with Crippen molar-refractivity contribution in [2.75, 3.05) is 20.8 Å². The first-order chi connectivity index (χ1) is 10.9. The molecule has 0 saturated carbocycles. The molecule has 8 heteroatoms. The van der Waals surface area contributed by atoms with Gasteiger partial charge in [-0.1, -0.05) is 5.16 Å². The Morgan fingerprint density at radius 1 is 1.22 bits per heavy atom. The third-order valence-corrected chi connectivity index (χ3v) is 5.01. The average molecular weight is 340 g/mol. The van der Waals surface area contributed by atoms with E-state index < -0.39 is 10.0 Å². The van der Waals surface area contributed by atoms with Crippen LogP contribution in [0.5, 0.6) is 11.5 Å². The monoisotopic (exact) mass is 340 g/mol. The van der Waals surface area contributed by atoms with Crippen LogP contribution >= 0.6 is 0 Å². The van der Waals surface area contributed by atoms with Gasteiger partial charge in [0.15, 0.2) is 0 Å². The number of hydrogen-bond acceptors (Lipinski definition) is 6. The van der Waals surface area contributed by atoms with Crippen molar-refractivity contribution in [2.24, 2.45) is 0 Å². The molecule has 0 atom stereocenters. The van der Waals surface area contributed by atoms with E-state index in [1.807, 2.05) is 6.92 Å². The molecule has 2 aromatic rings. The Morgan fingerprint density at radius 2 is 1.96 bits per heavy atom. The van der Waals surface area contributed by atoms with Crippen LogP contribution in [0.2, 0.25) is 0 Å². The van der Waals surface area contributed by atoms with Crippen LogP contribution in [0, 0.1) is 13.8 Å². The van der Waals surface area contributed by atoms with Crippen LogP contribution in [0.1, 0.15) is 17.0 Å².